The van der Waals surface area contributed by atoms with Gasteiger partial charge >= 0.3 is 0 Å². The fourth-order valence-corrected chi connectivity index (χ4v) is 2.31. The van der Waals surface area contributed by atoms with E-state index < -0.39 is 0 Å². The van der Waals surface area contributed by atoms with Gasteiger partial charge in [-0.2, -0.15) is 0 Å². The summed E-state index contributed by atoms with van der Waals surface area (Å²) in [5.41, 5.74) is 2.05. The molecule has 0 radical (unpaired) electrons. The Kier molecular flexibility index (Phi) is 2.14. The zero-order chi connectivity index (χ0) is 7.78. The third kappa shape index (κ3) is 1.57. The molecule has 1 aliphatic carbocycles. The van der Waals surface area contributed by atoms with Crippen molar-refractivity contribution < 1.29 is 0 Å². The molecule has 0 bridgehead atoms. The van der Waals surface area contributed by atoms with Crippen molar-refractivity contribution >= 4 is 12.6 Å². The minimum Gasteiger partial charge on any atom is -0.148 e. The Hall–Kier alpha value is 0.0900. The second-order valence-corrected chi connectivity index (χ2v) is 4.46. The fraction of sp³-hybridized carbons (Fsp3) is 0.778. The first-order valence-corrected chi connectivity index (χ1v) is 4.40. The van der Waals surface area contributed by atoms with Gasteiger partial charge in [0.1, 0.15) is 0 Å². The second-order valence-electron chi connectivity index (χ2n) is 3.92. The maximum absolute atomic E-state index is 4.46. The van der Waals surface area contributed by atoms with E-state index >= 15 is 0 Å². The van der Waals surface area contributed by atoms with Crippen LogP contribution in [-0.4, -0.2) is 0 Å². The topological polar surface area (TPSA) is 0 Å². The van der Waals surface area contributed by atoms with Gasteiger partial charge in [0, 0.05) is 0 Å². The highest BCUT2D eigenvalue weighted by molar-refractivity contribution is 7.84. The molecule has 0 aliphatic heterocycles. The third-order valence-corrected chi connectivity index (χ3v) is 2.65. The summed E-state index contributed by atoms with van der Waals surface area (Å²) in [6.45, 7) is 6.84. The molecule has 1 aliphatic rings. The molecule has 0 aromatic carbocycles. The largest absolute Gasteiger partial charge is 0.148 e. The third-order valence-electron chi connectivity index (χ3n) is 2.17. The van der Waals surface area contributed by atoms with Gasteiger partial charge in [0.25, 0.3) is 0 Å². The number of hydrogen-bond donors (Lipinski definition) is 1. The Balaban J connectivity index is 2.68. The van der Waals surface area contributed by atoms with E-state index in [1.54, 1.807) is 5.57 Å². The zero-order valence-electron chi connectivity index (χ0n) is 7.07. The van der Waals surface area contributed by atoms with Gasteiger partial charge in [-0.25, -0.2) is 0 Å². The van der Waals surface area contributed by atoms with Crippen molar-refractivity contribution in [3.8, 4) is 0 Å². The Labute approximate surface area is 69.1 Å². The van der Waals surface area contributed by atoms with Gasteiger partial charge in [0.15, 0.2) is 0 Å². The van der Waals surface area contributed by atoms with Crippen molar-refractivity contribution in [1.29, 1.82) is 0 Å². The molecule has 1 heteroatoms. The summed E-state index contributed by atoms with van der Waals surface area (Å²) in [5.74, 6) is 0. The normalized spacial score (nSPS) is 24.0. The van der Waals surface area contributed by atoms with Crippen LogP contribution in [0, 0.1) is 5.41 Å². The van der Waals surface area contributed by atoms with Crippen LogP contribution in [0.1, 0.15) is 40.0 Å². The average molecular weight is 156 g/mol. The first-order valence-electron chi connectivity index (χ1n) is 3.95. The molecule has 0 aromatic heterocycles. The van der Waals surface area contributed by atoms with E-state index in [2.05, 4.69) is 33.4 Å². The monoisotopic (exact) mass is 156 g/mol. The molecule has 0 heterocycles. The van der Waals surface area contributed by atoms with Crippen LogP contribution in [0.5, 0.6) is 0 Å². The van der Waals surface area contributed by atoms with E-state index in [1.165, 1.54) is 24.2 Å². The molecule has 0 nitrogen and oxygen atoms in total. The number of thiol groups is 1. The van der Waals surface area contributed by atoms with Crippen LogP contribution >= 0.6 is 12.6 Å². The summed E-state index contributed by atoms with van der Waals surface area (Å²) in [7, 11) is 0. The van der Waals surface area contributed by atoms with Gasteiger partial charge in [-0.1, -0.05) is 26.3 Å². The summed E-state index contributed by atoms with van der Waals surface area (Å²) >= 11 is 4.46. The van der Waals surface area contributed by atoms with Crippen LogP contribution in [0.2, 0.25) is 0 Å². The summed E-state index contributed by atoms with van der Waals surface area (Å²) < 4.78 is 0. The van der Waals surface area contributed by atoms with Crippen LogP contribution < -0.4 is 0 Å². The van der Waals surface area contributed by atoms with Crippen molar-refractivity contribution in [2.24, 2.45) is 5.41 Å². The molecule has 0 fully saturated rings. The molecule has 0 unspecified atom stereocenters. The lowest BCUT2D eigenvalue weighted by Crippen LogP contribution is -2.04. The molecule has 0 saturated heterocycles. The molecule has 58 valence electrons. The van der Waals surface area contributed by atoms with E-state index in [0.717, 1.165) is 0 Å². The maximum atomic E-state index is 4.46. The molecule has 0 N–H and O–H groups in total. The predicted molar refractivity (Wildman–Crippen MR) is 49.3 cm³/mol. The quantitative estimate of drug-likeness (QED) is 0.553. The minimum atomic E-state index is 0.489. The van der Waals surface area contributed by atoms with Crippen molar-refractivity contribution in [3.63, 3.8) is 0 Å². The second kappa shape index (κ2) is 2.61. The molecular formula is C9H16S. The van der Waals surface area contributed by atoms with Gasteiger partial charge in [-0.3, -0.25) is 0 Å². The molecule has 1 rings (SSSR count). The van der Waals surface area contributed by atoms with Crippen LogP contribution in [-0.2, 0) is 0 Å². The minimum absolute atomic E-state index is 0.489. The van der Waals surface area contributed by atoms with Crippen LogP contribution in [0.25, 0.3) is 0 Å². The number of allylic oxidation sites excluding steroid dienone is 2. The molecular weight excluding hydrogens is 140 g/mol. The van der Waals surface area contributed by atoms with Gasteiger partial charge in [-0.15, -0.1) is 12.6 Å². The van der Waals surface area contributed by atoms with Gasteiger partial charge in [0.05, 0.1) is 0 Å². The predicted octanol–water partition coefficient (Wildman–Crippen LogP) is 3.40. The van der Waals surface area contributed by atoms with E-state index in [0.29, 0.717) is 5.41 Å². The molecule has 0 amide bonds. The summed E-state index contributed by atoms with van der Waals surface area (Å²) in [4.78, 5) is 1.34. The fourth-order valence-electron chi connectivity index (χ4n) is 1.65. The number of rotatable bonds is 1. The Morgan fingerprint density at radius 3 is 2.20 bits per heavy atom. The lowest BCUT2D eigenvalue weighted by molar-refractivity contribution is 0.390. The van der Waals surface area contributed by atoms with Gasteiger partial charge < -0.3 is 0 Å². The Morgan fingerprint density at radius 1 is 1.40 bits per heavy atom. The smallest absolute Gasteiger partial charge is 0.0167 e. The average Bonchev–Trinajstić information content (AvgIpc) is 2.05. The standard InChI is InChI=1S/C9H16S/c1-4-7-5-9(2,3)6-8(7)10/h10H,4-6H2,1-3H3. The first-order chi connectivity index (χ1) is 4.55. The number of hydrogen-bond acceptors (Lipinski definition) is 1. The summed E-state index contributed by atoms with van der Waals surface area (Å²) in [6, 6.07) is 0. The Bertz CT molecular complexity index is 166. The lowest BCUT2D eigenvalue weighted by atomic mass is 9.89. The highest BCUT2D eigenvalue weighted by Gasteiger charge is 2.27. The maximum Gasteiger partial charge on any atom is -0.0167 e. The Morgan fingerprint density at radius 2 is 2.00 bits per heavy atom. The van der Waals surface area contributed by atoms with Gasteiger partial charge in [-0.05, 0) is 29.6 Å². The van der Waals surface area contributed by atoms with Crippen molar-refractivity contribution in [2.45, 2.75) is 40.0 Å². The van der Waals surface area contributed by atoms with E-state index in [4.69, 9.17) is 0 Å². The zero-order valence-corrected chi connectivity index (χ0v) is 7.96. The first kappa shape index (κ1) is 8.19. The molecule has 0 aromatic rings. The van der Waals surface area contributed by atoms with E-state index in [-0.39, 0.29) is 0 Å². The van der Waals surface area contributed by atoms with Crippen LogP contribution in [0.3, 0.4) is 0 Å². The molecule has 0 saturated carbocycles. The lowest BCUT2D eigenvalue weighted by Gasteiger charge is -2.16. The highest BCUT2D eigenvalue weighted by atomic mass is 32.1. The van der Waals surface area contributed by atoms with E-state index in [9.17, 15) is 0 Å². The van der Waals surface area contributed by atoms with Gasteiger partial charge in [0.2, 0.25) is 0 Å². The summed E-state index contributed by atoms with van der Waals surface area (Å²) in [6.07, 6.45) is 3.61. The van der Waals surface area contributed by atoms with Crippen LogP contribution in [0.4, 0.5) is 0 Å². The highest BCUT2D eigenvalue weighted by Crippen LogP contribution is 2.43. The summed E-state index contributed by atoms with van der Waals surface area (Å²) in [5, 5.41) is 0. The van der Waals surface area contributed by atoms with Crippen molar-refractivity contribution in [3.05, 3.63) is 10.5 Å². The molecule has 10 heavy (non-hydrogen) atoms. The van der Waals surface area contributed by atoms with Crippen molar-refractivity contribution in [2.75, 3.05) is 0 Å². The molecule has 0 atom stereocenters. The van der Waals surface area contributed by atoms with Crippen LogP contribution in [0.15, 0.2) is 10.5 Å². The van der Waals surface area contributed by atoms with Crippen molar-refractivity contribution in [1.82, 2.24) is 0 Å². The van der Waals surface area contributed by atoms with E-state index in [1.807, 2.05) is 0 Å². The molecule has 0 spiro atoms. The SMILES string of the molecule is CCC1=C(S)CC(C)(C)C1.